The molecule has 1 saturated carbocycles. The molecule has 5 rings (SSSR count). The van der Waals surface area contributed by atoms with Crippen LogP contribution in [-0.2, 0) is 19.4 Å². The lowest BCUT2D eigenvalue weighted by molar-refractivity contribution is 0.316. The van der Waals surface area contributed by atoms with E-state index in [4.69, 9.17) is 28.2 Å². The molecule has 1 spiro atoms. The summed E-state index contributed by atoms with van der Waals surface area (Å²) in [6.45, 7) is 0.727. The number of halogens is 2. The molecule has 2 nitrogen and oxygen atoms in total. The van der Waals surface area contributed by atoms with Crippen LogP contribution in [0.3, 0.4) is 0 Å². The number of hydrogen-bond donors (Lipinski definition) is 1. The highest BCUT2D eigenvalue weighted by Crippen LogP contribution is 2.51. The van der Waals surface area contributed by atoms with Crippen LogP contribution in [0.15, 0.2) is 42.5 Å². The van der Waals surface area contributed by atoms with Gasteiger partial charge >= 0.3 is 0 Å². The third kappa shape index (κ3) is 3.09. The van der Waals surface area contributed by atoms with E-state index in [1.165, 1.54) is 48.0 Å². The van der Waals surface area contributed by atoms with E-state index < -0.39 is 0 Å². The second-order valence-electron chi connectivity index (χ2n) is 8.09. The van der Waals surface area contributed by atoms with Crippen molar-refractivity contribution >= 4 is 39.8 Å². The van der Waals surface area contributed by atoms with Crippen LogP contribution < -0.4 is 5.32 Å². The Balaban J connectivity index is 1.54. The van der Waals surface area contributed by atoms with Crippen LogP contribution in [0.4, 0.5) is 5.69 Å². The van der Waals surface area contributed by atoms with E-state index in [1.54, 1.807) is 0 Å². The van der Waals surface area contributed by atoms with Crippen molar-refractivity contribution in [1.82, 2.24) is 4.98 Å². The Morgan fingerprint density at radius 2 is 1.78 bits per heavy atom. The number of fused-ring (bicyclic) bond motifs is 2. The molecule has 2 aliphatic rings. The van der Waals surface area contributed by atoms with Crippen LogP contribution in [0.25, 0.3) is 10.9 Å². The smallest absolute Gasteiger partial charge is 0.0726 e. The average Bonchev–Trinajstić information content (AvgIpc) is 3.27. The van der Waals surface area contributed by atoms with E-state index in [0.29, 0.717) is 15.5 Å². The molecule has 138 valence electrons. The van der Waals surface area contributed by atoms with Gasteiger partial charge in [-0.1, -0.05) is 60.3 Å². The van der Waals surface area contributed by atoms with Crippen molar-refractivity contribution in [3.8, 4) is 0 Å². The number of benzene rings is 2. The second-order valence-corrected chi connectivity index (χ2v) is 8.91. The Kier molecular flexibility index (Phi) is 4.29. The zero-order chi connectivity index (χ0) is 18.4. The molecule has 27 heavy (non-hydrogen) atoms. The lowest BCUT2D eigenvalue weighted by atomic mass is 9.83. The fraction of sp³-hybridized carbons (Fsp3) is 0.348. The lowest BCUT2D eigenvalue weighted by Gasteiger charge is -2.21. The minimum absolute atomic E-state index is 0.451. The van der Waals surface area contributed by atoms with Crippen molar-refractivity contribution < 1.29 is 0 Å². The van der Waals surface area contributed by atoms with Crippen LogP contribution in [0, 0.1) is 5.41 Å². The monoisotopic (exact) mass is 396 g/mol. The van der Waals surface area contributed by atoms with Gasteiger partial charge in [0.15, 0.2) is 0 Å². The number of nitrogens with zero attached hydrogens (tertiary/aromatic N) is 1. The van der Waals surface area contributed by atoms with Gasteiger partial charge in [-0.3, -0.25) is 4.98 Å². The highest BCUT2D eigenvalue weighted by molar-refractivity contribution is 6.42. The Labute approximate surface area is 169 Å². The molecule has 3 aromatic rings. The molecule has 4 heteroatoms. The lowest BCUT2D eigenvalue weighted by Crippen LogP contribution is -2.16. The maximum absolute atomic E-state index is 6.20. The van der Waals surface area contributed by atoms with Crippen LogP contribution in [0.2, 0.25) is 10.0 Å². The van der Waals surface area contributed by atoms with Gasteiger partial charge in [0.05, 0.1) is 15.6 Å². The fourth-order valence-corrected chi connectivity index (χ4v) is 5.27. The first-order valence-corrected chi connectivity index (χ1v) is 10.5. The molecular formula is C23H22Cl2N2. The molecule has 1 fully saturated rings. The molecule has 0 atom stereocenters. The van der Waals surface area contributed by atoms with E-state index in [2.05, 4.69) is 29.6 Å². The molecule has 2 aliphatic carbocycles. The minimum atomic E-state index is 0.451. The summed E-state index contributed by atoms with van der Waals surface area (Å²) in [7, 11) is 0. The number of nitrogens with one attached hydrogen (secondary N) is 1. The number of pyridine rings is 1. The summed E-state index contributed by atoms with van der Waals surface area (Å²) in [5.41, 5.74) is 6.65. The number of para-hydroxylation sites is 1. The van der Waals surface area contributed by atoms with Gasteiger partial charge in [0, 0.05) is 23.3 Å². The molecule has 1 N–H and O–H groups in total. The van der Waals surface area contributed by atoms with Crippen molar-refractivity contribution in [1.29, 1.82) is 0 Å². The summed E-state index contributed by atoms with van der Waals surface area (Å²) >= 11 is 12.3. The van der Waals surface area contributed by atoms with E-state index in [-0.39, 0.29) is 0 Å². The highest BCUT2D eigenvalue weighted by atomic mass is 35.5. The number of rotatable bonds is 3. The zero-order valence-electron chi connectivity index (χ0n) is 15.2. The SMILES string of the molecule is Clc1ccc(CNc2c3c(nc4ccccc24)CC2(CCCC2)C3)cc1Cl. The molecule has 0 amide bonds. The zero-order valence-corrected chi connectivity index (χ0v) is 16.7. The minimum Gasteiger partial charge on any atom is -0.380 e. The van der Waals surface area contributed by atoms with Crippen molar-refractivity contribution in [2.75, 3.05) is 5.32 Å². The van der Waals surface area contributed by atoms with E-state index in [0.717, 1.165) is 30.5 Å². The van der Waals surface area contributed by atoms with Gasteiger partial charge in [-0.15, -0.1) is 0 Å². The van der Waals surface area contributed by atoms with Crippen molar-refractivity contribution in [2.24, 2.45) is 5.41 Å². The second kappa shape index (κ2) is 6.68. The largest absolute Gasteiger partial charge is 0.380 e. The van der Waals surface area contributed by atoms with Gasteiger partial charge in [-0.05, 0) is 60.4 Å². The molecule has 1 heterocycles. The first-order chi connectivity index (χ1) is 13.1. The van der Waals surface area contributed by atoms with Gasteiger partial charge in [-0.25, -0.2) is 0 Å². The van der Waals surface area contributed by atoms with Crippen LogP contribution in [0.5, 0.6) is 0 Å². The Morgan fingerprint density at radius 1 is 0.963 bits per heavy atom. The Bertz CT molecular complexity index is 1020. The fourth-order valence-electron chi connectivity index (χ4n) is 4.95. The Hall–Kier alpha value is -1.77. The van der Waals surface area contributed by atoms with E-state index >= 15 is 0 Å². The molecule has 0 radical (unpaired) electrons. The van der Waals surface area contributed by atoms with Crippen LogP contribution in [-0.4, -0.2) is 4.98 Å². The highest BCUT2D eigenvalue weighted by Gasteiger charge is 2.41. The molecule has 1 aromatic heterocycles. The van der Waals surface area contributed by atoms with Gasteiger partial charge < -0.3 is 5.32 Å². The maximum Gasteiger partial charge on any atom is 0.0726 e. The number of aromatic nitrogens is 1. The van der Waals surface area contributed by atoms with Crippen LogP contribution >= 0.6 is 23.2 Å². The maximum atomic E-state index is 6.20. The van der Waals surface area contributed by atoms with Gasteiger partial charge in [-0.2, -0.15) is 0 Å². The molecule has 2 aromatic carbocycles. The van der Waals surface area contributed by atoms with Crippen LogP contribution in [0.1, 0.15) is 42.5 Å². The molecule has 0 unspecified atom stereocenters. The predicted octanol–water partition coefficient (Wildman–Crippen LogP) is 6.81. The number of anilines is 1. The molecule has 0 bridgehead atoms. The summed E-state index contributed by atoms with van der Waals surface area (Å²) in [5.74, 6) is 0. The van der Waals surface area contributed by atoms with Crippen molar-refractivity contribution in [2.45, 2.75) is 45.1 Å². The first-order valence-electron chi connectivity index (χ1n) is 9.72. The van der Waals surface area contributed by atoms with Crippen molar-refractivity contribution in [3.63, 3.8) is 0 Å². The third-order valence-corrected chi connectivity index (χ3v) is 7.03. The molecule has 0 saturated heterocycles. The summed E-state index contributed by atoms with van der Waals surface area (Å²) < 4.78 is 0. The van der Waals surface area contributed by atoms with Gasteiger partial charge in [0.2, 0.25) is 0 Å². The average molecular weight is 397 g/mol. The standard InChI is InChI=1S/C23H22Cl2N2/c24-18-8-7-15(11-19(18)25)14-26-22-16-5-1-2-6-20(16)27-21-13-23(12-17(21)22)9-3-4-10-23/h1-2,5-8,11H,3-4,9-10,12-14H2,(H,26,27). The van der Waals surface area contributed by atoms with Gasteiger partial charge in [0.25, 0.3) is 0 Å². The summed E-state index contributed by atoms with van der Waals surface area (Å²) in [5, 5.41) is 6.13. The number of hydrogen-bond acceptors (Lipinski definition) is 2. The summed E-state index contributed by atoms with van der Waals surface area (Å²) in [6.07, 6.45) is 7.69. The van der Waals surface area contributed by atoms with Gasteiger partial charge in [0.1, 0.15) is 0 Å². The molecular weight excluding hydrogens is 375 g/mol. The quantitative estimate of drug-likeness (QED) is 0.525. The van der Waals surface area contributed by atoms with Crippen molar-refractivity contribution in [3.05, 3.63) is 69.3 Å². The van der Waals surface area contributed by atoms with E-state index in [1.807, 2.05) is 18.2 Å². The first kappa shape index (κ1) is 17.3. The molecule has 0 aliphatic heterocycles. The predicted molar refractivity (Wildman–Crippen MR) is 114 cm³/mol. The summed E-state index contributed by atoms with van der Waals surface area (Å²) in [4.78, 5) is 5.04. The Morgan fingerprint density at radius 3 is 2.59 bits per heavy atom. The summed E-state index contributed by atoms with van der Waals surface area (Å²) in [6, 6.07) is 14.3. The van der Waals surface area contributed by atoms with E-state index in [9.17, 15) is 0 Å². The topological polar surface area (TPSA) is 24.9 Å². The normalized spacial score (nSPS) is 17.6. The third-order valence-electron chi connectivity index (χ3n) is 6.29.